The van der Waals surface area contributed by atoms with Gasteiger partial charge in [0.2, 0.25) is 0 Å². The molecule has 0 aliphatic rings. The van der Waals surface area contributed by atoms with Crippen molar-refractivity contribution in [3.05, 3.63) is 47.8 Å². The summed E-state index contributed by atoms with van der Waals surface area (Å²) in [7, 11) is 1.99. The lowest BCUT2D eigenvalue weighted by molar-refractivity contribution is 0.475. The molecule has 0 radical (unpaired) electrons. The number of hydrogen-bond acceptors (Lipinski definition) is 3. The van der Waals surface area contributed by atoms with Crippen molar-refractivity contribution in [2.75, 3.05) is 5.32 Å². The number of phenolic OH excluding ortho intramolecular Hbond substituents is 1. The van der Waals surface area contributed by atoms with Gasteiger partial charge in [-0.3, -0.25) is 0 Å². The number of nitrogens with two attached hydrogens (primary N) is 1. The molecule has 0 aliphatic heterocycles. The van der Waals surface area contributed by atoms with Gasteiger partial charge in [-0.25, -0.2) is 0 Å². The lowest BCUT2D eigenvalue weighted by Crippen LogP contribution is -2.01. The van der Waals surface area contributed by atoms with Gasteiger partial charge < -0.3 is 20.7 Å². The quantitative estimate of drug-likeness (QED) is 0.703. The zero-order chi connectivity index (χ0) is 12.3. The van der Waals surface area contributed by atoms with Gasteiger partial charge in [0, 0.05) is 37.7 Å². The van der Waals surface area contributed by atoms with Crippen molar-refractivity contribution < 1.29 is 5.11 Å². The van der Waals surface area contributed by atoms with E-state index in [1.54, 1.807) is 12.1 Å². The predicted octanol–water partition coefficient (Wildman–Crippen LogP) is 1.80. The third kappa shape index (κ3) is 2.79. The number of benzene rings is 1. The highest BCUT2D eigenvalue weighted by atomic mass is 16.3. The van der Waals surface area contributed by atoms with Gasteiger partial charge in [0.05, 0.1) is 0 Å². The Morgan fingerprint density at radius 2 is 2.00 bits per heavy atom. The van der Waals surface area contributed by atoms with Crippen molar-refractivity contribution in [3.8, 4) is 5.75 Å². The average molecular weight is 231 g/mol. The van der Waals surface area contributed by atoms with Crippen molar-refractivity contribution >= 4 is 5.69 Å². The van der Waals surface area contributed by atoms with Crippen molar-refractivity contribution in [1.29, 1.82) is 0 Å². The van der Waals surface area contributed by atoms with E-state index in [1.807, 2.05) is 23.7 Å². The molecule has 17 heavy (non-hydrogen) atoms. The summed E-state index contributed by atoms with van der Waals surface area (Å²) in [5, 5.41) is 12.5. The number of nitrogens with one attached hydrogen (secondary N) is 1. The Bertz CT molecular complexity index is 488. The van der Waals surface area contributed by atoms with Gasteiger partial charge in [-0.2, -0.15) is 0 Å². The summed E-state index contributed by atoms with van der Waals surface area (Å²) in [6, 6.07) is 9.12. The third-order valence-corrected chi connectivity index (χ3v) is 2.74. The van der Waals surface area contributed by atoms with Crippen LogP contribution in [0.2, 0.25) is 0 Å². The molecule has 0 atom stereocenters. The molecule has 0 spiro atoms. The second-order valence-corrected chi connectivity index (χ2v) is 4.06. The molecule has 0 aliphatic carbocycles. The summed E-state index contributed by atoms with van der Waals surface area (Å²) in [6.07, 6.45) is 2.07. The van der Waals surface area contributed by atoms with Gasteiger partial charge in [0.15, 0.2) is 0 Å². The minimum absolute atomic E-state index is 0.278. The van der Waals surface area contributed by atoms with Crippen molar-refractivity contribution in [3.63, 3.8) is 0 Å². The molecule has 1 aromatic carbocycles. The van der Waals surface area contributed by atoms with Gasteiger partial charge in [-0.15, -0.1) is 0 Å². The summed E-state index contributed by atoms with van der Waals surface area (Å²) >= 11 is 0. The first kappa shape index (κ1) is 11.5. The zero-order valence-electron chi connectivity index (χ0n) is 9.85. The highest BCUT2D eigenvalue weighted by molar-refractivity contribution is 5.46. The Kier molecular flexibility index (Phi) is 3.35. The van der Waals surface area contributed by atoms with E-state index in [-0.39, 0.29) is 5.75 Å². The number of aromatic hydroxyl groups is 1. The van der Waals surface area contributed by atoms with E-state index in [9.17, 15) is 0 Å². The summed E-state index contributed by atoms with van der Waals surface area (Å²) in [4.78, 5) is 0. The number of hydrogen-bond donors (Lipinski definition) is 3. The van der Waals surface area contributed by atoms with Crippen LogP contribution in [0.25, 0.3) is 0 Å². The van der Waals surface area contributed by atoms with Crippen LogP contribution in [0, 0.1) is 0 Å². The summed E-state index contributed by atoms with van der Waals surface area (Å²) in [6.45, 7) is 1.30. The van der Waals surface area contributed by atoms with Gasteiger partial charge in [0.25, 0.3) is 0 Å². The minimum Gasteiger partial charge on any atom is -0.508 e. The minimum atomic E-state index is 0.278. The summed E-state index contributed by atoms with van der Waals surface area (Å²) < 4.78 is 2.04. The topological polar surface area (TPSA) is 63.2 Å². The highest BCUT2D eigenvalue weighted by Gasteiger charge is 2.01. The number of rotatable bonds is 4. The fourth-order valence-electron chi connectivity index (χ4n) is 1.77. The average Bonchev–Trinajstić information content (AvgIpc) is 2.69. The first-order chi connectivity index (χ1) is 8.19. The van der Waals surface area contributed by atoms with E-state index in [0.29, 0.717) is 6.54 Å². The standard InChI is InChI=1S/C13H17N3O/c1-16-9-10(6-12(16)7-14)8-15-11-2-4-13(17)5-3-11/h2-6,9,15,17H,7-8,14H2,1H3. The lowest BCUT2D eigenvalue weighted by atomic mass is 10.2. The van der Waals surface area contributed by atoms with Crippen LogP contribution in [-0.2, 0) is 20.1 Å². The number of anilines is 1. The van der Waals surface area contributed by atoms with E-state index in [1.165, 1.54) is 5.56 Å². The predicted molar refractivity (Wildman–Crippen MR) is 68.7 cm³/mol. The Hall–Kier alpha value is -1.94. The maximum atomic E-state index is 9.17. The molecule has 0 saturated carbocycles. The molecule has 0 fully saturated rings. The second kappa shape index (κ2) is 4.93. The van der Waals surface area contributed by atoms with Crippen LogP contribution in [0.15, 0.2) is 36.5 Å². The highest BCUT2D eigenvalue weighted by Crippen LogP contribution is 2.15. The molecule has 0 saturated heterocycles. The molecule has 4 N–H and O–H groups in total. The monoisotopic (exact) mass is 231 g/mol. The maximum Gasteiger partial charge on any atom is 0.115 e. The first-order valence-corrected chi connectivity index (χ1v) is 5.56. The first-order valence-electron chi connectivity index (χ1n) is 5.56. The fourth-order valence-corrected chi connectivity index (χ4v) is 1.77. The lowest BCUT2D eigenvalue weighted by Gasteiger charge is -2.04. The van der Waals surface area contributed by atoms with Crippen LogP contribution >= 0.6 is 0 Å². The third-order valence-electron chi connectivity index (χ3n) is 2.74. The van der Waals surface area contributed by atoms with Crippen LogP contribution in [-0.4, -0.2) is 9.67 Å². The molecule has 2 aromatic rings. The molecule has 4 nitrogen and oxygen atoms in total. The maximum absolute atomic E-state index is 9.17. The molecule has 1 heterocycles. The summed E-state index contributed by atoms with van der Waals surface area (Å²) in [5.74, 6) is 0.278. The van der Waals surface area contributed by atoms with E-state index in [0.717, 1.165) is 17.9 Å². The van der Waals surface area contributed by atoms with Gasteiger partial charge in [-0.1, -0.05) is 0 Å². The number of nitrogens with zero attached hydrogens (tertiary/aromatic N) is 1. The number of aryl methyl sites for hydroxylation is 1. The van der Waals surface area contributed by atoms with Crippen molar-refractivity contribution in [1.82, 2.24) is 4.57 Å². The molecule has 1 aromatic heterocycles. The fraction of sp³-hybridized carbons (Fsp3) is 0.231. The largest absolute Gasteiger partial charge is 0.508 e. The molecule has 4 heteroatoms. The molecule has 0 amide bonds. The smallest absolute Gasteiger partial charge is 0.115 e. The normalized spacial score (nSPS) is 10.5. The molecule has 0 unspecified atom stereocenters. The molecular weight excluding hydrogens is 214 g/mol. The Morgan fingerprint density at radius 1 is 1.29 bits per heavy atom. The molecule has 2 rings (SSSR count). The Balaban J connectivity index is 1.99. The number of aromatic nitrogens is 1. The van der Waals surface area contributed by atoms with E-state index < -0.39 is 0 Å². The van der Waals surface area contributed by atoms with Gasteiger partial charge in [0.1, 0.15) is 5.75 Å². The number of phenols is 1. The van der Waals surface area contributed by atoms with Crippen molar-refractivity contribution in [2.45, 2.75) is 13.1 Å². The molecule has 0 bridgehead atoms. The van der Waals surface area contributed by atoms with Crippen LogP contribution < -0.4 is 11.1 Å². The second-order valence-electron chi connectivity index (χ2n) is 4.06. The van der Waals surface area contributed by atoms with Gasteiger partial charge in [-0.05, 0) is 35.9 Å². The summed E-state index contributed by atoms with van der Waals surface area (Å²) in [5.41, 5.74) is 8.92. The van der Waals surface area contributed by atoms with E-state index in [4.69, 9.17) is 10.8 Å². The Morgan fingerprint density at radius 3 is 2.59 bits per heavy atom. The van der Waals surface area contributed by atoms with Crippen LogP contribution in [0.4, 0.5) is 5.69 Å². The molecular formula is C13H17N3O. The van der Waals surface area contributed by atoms with Crippen LogP contribution in [0.5, 0.6) is 5.75 Å². The van der Waals surface area contributed by atoms with Gasteiger partial charge >= 0.3 is 0 Å². The zero-order valence-corrected chi connectivity index (χ0v) is 9.85. The van der Waals surface area contributed by atoms with Crippen LogP contribution in [0.3, 0.4) is 0 Å². The van der Waals surface area contributed by atoms with E-state index >= 15 is 0 Å². The molecule has 90 valence electrons. The van der Waals surface area contributed by atoms with Crippen molar-refractivity contribution in [2.24, 2.45) is 12.8 Å². The SMILES string of the molecule is Cn1cc(CNc2ccc(O)cc2)cc1CN. The Labute approximate surface area is 101 Å². The van der Waals surface area contributed by atoms with E-state index in [2.05, 4.69) is 17.6 Å². The van der Waals surface area contributed by atoms with Crippen LogP contribution in [0.1, 0.15) is 11.3 Å².